The van der Waals surface area contributed by atoms with Gasteiger partial charge in [0.1, 0.15) is 0 Å². The average Bonchev–Trinajstić information content (AvgIpc) is 2.97. The molecule has 2 aliphatic heterocycles. The van der Waals surface area contributed by atoms with E-state index >= 15 is 0 Å². The van der Waals surface area contributed by atoms with Gasteiger partial charge < -0.3 is 10.1 Å². The molecular formula is C20H28N2O2. The van der Waals surface area contributed by atoms with Crippen LogP contribution < -0.4 is 5.32 Å². The molecule has 2 heterocycles. The molecule has 2 saturated heterocycles. The second-order valence-corrected chi connectivity index (χ2v) is 7.65. The van der Waals surface area contributed by atoms with E-state index in [4.69, 9.17) is 4.74 Å². The number of piperidine rings is 1. The van der Waals surface area contributed by atoms with Gasteiger partial charge in [-0.2, -0.15) is 0 Å². The number of nitrogens with one attached hydrogen (secondary N) is 1. The Morgan fingerprint density at radius 3 is 2.58 bits per heavy atom. The third-order valence-corrected chi connectivity index (χ3v) is 6.27. The summed E-state index contributed by atoms with van der Waals surface area (Å²) in [6, 6.07) is 5.44. The number of aryl methyl sites for hydroxylation is 2. The minimum atomic E-state index is -0.0311. The van der Waals surface area contributed by atoms with Crippen LogP contribution in [-0.4, -0.2) is 44.2 Å². The quantitative estimate of drug-likeness (QED) is 0.866. The molecule has 24 heavy (non-hydrogen) atoms. The number of benzene rings is 1. The molecule has 1 unspecified atom stereocenters. The SMILES string of the molecule is COC(=O)C1CCN(C2CCc3cc(C4CNC4)cc(C)c32)CC1. The fourth-order valence-electron chi connectivity index (χ4n) is 4.76. The molecule has 3 aliphatic rings. The number of esters is 1. The zero-order valence-electron chi connectivity index (χ0n) is 14.8. The maximum Gasteiger partial charge on any atom is 0.308 e. The van der Waals surface area contributed by atoms with Crippen molar-refractivity contribution < 1.29 is 9.53 Å². The number of carbonyl (C=O) groups is 1. The van der Waals surface area contributed by atoms with Gasteiger partial charge in [0.2, 0.25) is 0 Å². The first kappa shape index (κ1) is 16.1. The van der Waals surface area contributed by atoms with Gasteiger partial charge in [0, 0.05) is 25.0 Å². The molecule has 1 aliphatic carbocycles. The molecule has 0 aromatic heterocycles. The molecule has 1 N–H and O–H groups in total. The van der Waals surface area contributed by atoms with E-state index in [0.717, 1.165) is 39.0 Å². The van der Waals surface area contributed by atoms with Crippen molar-refractivity contribution in [3.8, 4) is 0 Å². The molecule has 0 spiro atoms. The van der Waals surface area contributed by atoms with E-state index < -0.39 is 0 Å². The Morgan fingerprint density at radius 2 is 1.96 bits per heavy atom. The first-order valence-electron chi connectivity index (χ1n) is 9.33. The van der Waals surface area contributed by atoms with Gasteiger partial charge in [0.15, 0.2) is 0 Å². The Bertz CT molecular complexity index is 631. The third-order valence-electron chi connectivity index (χ3n) is 6.27. The zero-order valence-corrected chi connectivity index (χ0v) is 14.8. The summed E-state index contributed by atoms with van der Waals surface area (Å²) < 4.78 is 4.91. The maximum atomic E-state index is 11.7. The highest BCUT2D eigenvalue weighted by Crippen LogP contribution is 2.41. The van der Waals surface area contributed by atoms with Crippen molar-refractivity contribution in [1.29, 1.82) is 0 Å². The summed E-state index contributed by atoms with van der Waals surface area (Å²) >= 11 is 0. The number of fused-ring (bicyclic) bond motifs is 1. The number of methoxy groups -OCH3 is 1. The van der Waals surface area contributed by atoms with Crippen LogP contribution in [0.5, 0.6) is 0 Å². The molecule has 4 heteroatoms. The highest BCUT2D eigenvalue weighted by atomic mass is 16.5. The van der Waals surface area contributed by atoms with Crippen molar-refractivity contribution in [2.45, 2.75) is 44.6 Å². The average molecular weight is 328 g/mol. The monoisotopic (exact) mass is 328 g/mol. The smallest absolute Gasteiger partial charge is 0.308 e. The number of hydrogen-bond acceptors (Lipinski definition) is 4. The van der Waals surface area contributed by atoms with Crippen LogP contribution in [0.15, 0.2) is 12.1 Å². The number of carbonyl (C=O) groups excluding carboxylic acids is 1. The maximum absolute atomic E-state index is 11.7. The molecule has 2 fully saturated rings. The Balaban J connectivity index is 1.49. The first-order chi connectivity index (χ1) is 11.7. The molecule has 4 rings (SSSR count). The molecule has 0 radical (unpaired) electrons. The van der Waals surface area contributed by atoms with E-state index in [9.17, 15) is 4.79 Å². The van der Waals surface area contributed by atoms with Crippen LogP contribution >= 0.6 is 0 Å². The highest BCUT2D eigenvalue weighted by Gasteiger charge is 2.34. The molecule has 1 aromatic rings. The van der Waals surface area contributed by atoms with Gasteiger partial charge in [-0.15, -0.1) is 0 Å². The van der Waals surface area contributed by atoms with Gasteiger partial charge >= 0.3 is 5.97 Å². The van der Waals surface area contributed by atoms with E-state index in [2.05, 4.69) is 29.3 Å². The van der Waals surface area contributed by atoms with Crippen LogP contribution in [0.25, 0.3) is 0 Å². The van der Waals surface area contributed by atoms with Crippen LogP contribution in [0.1, 0.15) is 53.5 Å². The fourth-order valence-corrected chi connectivity index (χ4v) is 4.76. The van der Waals surface area contributed by atoms with Crippen molar-refractivity contribution >= 4 is 5.97 Å². The van der Waals surface area contributed by atoms with E-state index in [1.54, 1.807) is 11.1 Å². The normalized spacial score (nSPS) is 25.3. The standard InChI is InChI=1S/C20H28N2O2/c1-13-9-16(17-11-21-12-17)10-15-3-4-18(19(13)15)22-7-5-14(6-8-22)20(23)24-2/h9-10,14,17-18,21H,3-8,11-12H2,1-2H3. The van der Waals surface area contributed by atoms with Crippen LogP contribution in [0.3, 0.4) is 0 Å². The molecule has 0 amide bonds. The summed E-state index contributed by atoms with van der Waals surface area (Å²) in [5.41, 5.74) is 6.13. The molecule has 1 aromatic carbocycles. The van der Waals surface area contributed by atoms with E-state index in [-0.39, 0.29) is 11.9 Å². The van der Waals surface area contributed by atoms with Crippen molar-refractivity contribution in [2.75, 3.05) is 33.3 Å². The topological polar surface area (TPSA) is 41.6 Å². The lowest BCUT2D eigenvalue weighted by atomic mass is 9.88. The lowest BCUT2D eigenvalue weighted by molar-refractivity contribution is -0.147. The third kappa shape index (κ3) is 2.76. The van der Waals surface area contributed by atoms with Crippen LogP contribution in [0, 0.1) is 12.8 Å². The van der Waals surface area contributed by atoms with E-state index in [1.165, 1.54) is 31.1 Å². The molecule has 0 saturated carbocycles. The number of ether oxygens (including phenoxy) is 1. The largest absolute Gasteiger partial charge is 0.469 e. The highest BCUT2D eigenvalue weighted by molar-refractivity contribution is 5.72. The lowest BCUT2D eigenvalue weighted by Gasteiger charge is -2.36. The van der Waals surface area contributed by atoms with Crippen molar-refractivity contribution in [2.24, 2.45) is 5.92 Å². The fraction of sp³-hybridized carbons (Fsp3) is 0.650. The first-order valence-corrected chi connectivity index (χ1v) is 9.33. The van der Waals surface area contributed by atoms with Gasteiger partial charge in [-0.3, -0.25) is 9.69 Å². The van der Waals surface area contributed by atoms with Gasteiger partial charge in [0.05, 0.1) is 13.0 Å². The van der Waals surface area contributed by atoms with E-state index in [1.807, 2.05) is 0 Å². The van der Waals surface area contributed by atoms with Gasteiger partial charge in [-0.25, -0.2) is 0 Å². The minimum absolute atomic E-state index is 0.0311. The summed E-state index contributed by atoms with van der Waals surface area (Å²) in [4.78, 5) is 14.3. The minimum Gasteiger partial charge on any atom is -0.469 e. The van der Waals surface area contributed by atoms with Crippen LogP contribution in [0.2, 0.25) is 0 Å². The van der Waals surface area contributed by atoms with Crippen LogP contribution in [-0.2, 0) is 16.0 Å². The summed E-state index contributed by atoms with van der Waals surface area (Å²) in [7, 11) is 1.50. The Kier molecular flexibility index (Phi) is 4.35. The number of rotatable bonds is 3. The van der Waals surface area contributed by atoms with Gasteiger partial charge in [0.25, 0.3) is 0 Å². The summed E-state index contributed by atoms with van der Waals surface area (Å²) in [5, 5.41) is 3.38. The molecule has 4 nitrogen and oxygen atoms in total. The molecule has 130 valence electrons. The molecule has 1 atom stereocenters. The Morgan fingerprint density at radius 1 is 1.21 bits per heavy atom. The van der Waals surface area contributed by atoms with Crippen molar-refractivity contribution in [1.82, 2.24) is 10.2 Å². The summed E-state index contributed by atoms with van der Waals surface area (Å²) in [6.45, 7) is 6.56. The second kappa shape index (κ2) is 6.49. The number of hydrogen-bond donors (Lipinski definition) is 1. The summed E-state index contributed by atoms with van der Waals surface area (Å²) in [5.74, 6) is 0.780. The predicted molar refractivity (Wildman–Crippen MR) is 94.2 cm³/mol. The lowest BCUT2D eigenvalue weighted by Crippen LogP contribution is -2.40. The van der Waals surface area contributed by atoms with Gasteiger partial charge in [-0.05, 0) is 68.0 Å². The Hall–Kier alpha value is -1.39. The van der Waals surface area contributed by atoms with E-state index in [0.29, 0.717) is 12.0 Å². The van der Waals surface area contributed by atoms with Gasteiger partial charge in [-0.1, -0.05) is 12.1 Å². The molecule has 0 bridgehead atoms. The second-order valence-electron chi connectivity index (χ2n) is 7.65. The Labute approximate surface area is 144 Å². The zero-order chi connectivity index (χ0) is 16.7. The number of nitrogens with zero attached hydrogens (tertiary/aromatic N) is 1. The number of likely N-dealkylation sites (tertiary alicyclic amines) is 1. The van der Waals surface area contributed by atoms with Crippen molar-refractivity contribution in [3.05, 3.63) is 34.4 Å². The summed E-state index contributed by atoms with van der Waals surface area (Å²) in [6.07, 6.45) is 4.30. The van der Waals surface area contributed by atoms with Crippen LogP contribution in [0.4, 0.5) is 0 Å². The predicted octanol–water partition coefficient (Wildman–Crippen LogP) is 2.55. The molecular weight excluding hydrogens is 300 g/mol. The van der Waals surface area contributed by atoms with Crippen molar-refractivity contribution in [3.63, 3.8) is 0 Å².